The molecular formula is C9H13ClN2O. The molecule has 1 aliphatic heterocycles. The Balaban J connectivity index is 2.22. The zero-order valence-electron chi connectivity index (χ0n) is 7.66. The van der Waals surface area contributed by atoms with Crippen LogP contribution in [0.15, 0.2) is 6.20 Å². The Kier molecular flexibility index (Phi) is 2.56. The second kappa shape index (κ2) is 3.68. The van der Waals surface area contributed by atoms with Crippen molar-refractivity contribution < 1.29 is 4.74 Å². The Labute approximate surface area is 82.7 Å². The van der Waals surface area contributed by atoms with E-state index in [0.717, 1.165) is 25.1 Å². The van der Waals surface area contributed by atoms with E-state index in [-0.39, 0.29) is 6.23 Å². The van der Waals surface area contributed by atoms with Gasteiger partial charge in [0.1, 0.15) is 6.23 Å². The lowest BCUT2D eigenvalue weighted by molar-refractivity contribution is -0.0328. The number of nitrogens with zero attached hydrogens (tertiary/aromatic N) is 2. The van der Waals surface area contributed by atoms with Gasteiger partial charge in [-0.25, -0.2) is 4.98 Å². The van der Waals surface area contributed by atoms with Gasteiger partial charge in [0.25, 0.3) is 0 Å². The van der Waals surface area contributed by atoms with Crippen LogP contribution in [0.25, 0.3) is 0 Å². The summed E-state index contributed by atoms with van der Waals surface area (Å²) in [6.45, 7) is 2.83. The number of aromatic nitrogens is 2. The van der Waals surface area contributed by atoms with Crippen LogP contribution in [0.5, 0.6) is 0 Å². The molecule has 72 valence electrons. The Morgan fingerprint density at radius 1 is 1.62 bits per heavy atom. The standard InChI is InChI=1S/C9H13ClN2O/c1-7-6-11-9(10)12(7)8-4-2-3-5-13-8/h6,8H,2-5H2,1H3. The third-order valence-corrected chi connectivity index (χ3v) is 2.66. The molecule has 1 fully saturated rings. The van der Waals surface area contributed by atoms with Gasteiger partial charge in [0.2, 0.25) is 5.28 Å². The predicted molar refractivity (Wildman–Crippen MR) is 50.8 cm³/mol. The summed E-state index contributed by atoms with van der Waals surface area (Å²) in [5.41, 5.74) is 1.07. The zero-order valence-corrected chi connectivity index (χ0v) is 8.42. The Bertz CT molecular complexity index is 272. The Morgan fingerprint density at radius 3 is 3.00 bits per heavy atom. The average molecular weight is 201 g/mol. The van der Waals surface area contributed by atoms with Gasteiger partial charge in [-0.2, -0.15) is 0 Å². The van der Waals surface area contributed by atoms with Crippen molar-refractivity contribution in [2.24, 2.45) is 0 Å². The minimum Gasteiger partial charge on any atom is -0.358 e. The highest BCUT2D eigenvalue weighted by Gasteiger charge is 2.19. The first kappa shape index (κ1) is 9.03. The molecule has 0 saturated carbocycles. The Morgan fingerprint density at radius 2 is 2.46 bits per heavy atom. The van der Waals surface area contributed by atoms with Gasteiger partial charge in [-0.3, -0.25) is 4.57 Å². The molecule has 0 aromatic carbocycles. The van der Waals surface area contributed by atoms with Crippen LogP contribution in [0.4, 0.5) is 0 Å². The minimum atomic E-state index is 0.101. The monoisotopic (exact) mass is 200 g/mol. The van der Waals surface area contributed by atoms with E-state index in [1.54, 1.807) is 6.20 Å². The van der Waals surface area contributed by atoms with Crippen molar-refractivity contribution in [3.05, 3.63) is 17.2 Å². The van der Waals surface area contributed by atoms with E-state index in [2.05, 4.69) is 4.98 Å². The SMILES string of the molecule is Cc1cnc(Cl)n1C1CCCCO1. The molecule has 0 N–H and O–H groups in total. The van der Waals surface area contributed by atoms with Gasteiger partial charge in [-0.05, 0) is 37.8 Å². The number of ether oxygens (including phenoxy) is 1. The second-order valence-electron chi connectivity index (χ2n) is 3.36. The van der Waals surface area contributed by atoms with Crippen LogP contribution in [-0.2, 0) is 4.74 Å². The van der Waals surface area contributed by atoms with Crippen molar-refractivity contribution in [2.75, 3.05) is 6.61 Å². The smallest absolute Gasteiger partial charge is 0.205 e. The molecule has 0 amide bonds. The van der Waals surface area contributed by atoms with Crippen LogP contribution in [-0.4, -0.2) is 16.2 Å². The van der Waals surface area contributed by atoms with E-state index in [1.807, 2.05) is 11.5 Å². The maximum absolute atomic E-state index is 5.95. The van der Waals surface area contributed by atoms with E-state index < -0.39 is 0 Å². The molecule has 1 aromatic rings. The van der Waals surface area contributed by atoms with Crippen molar-refractivity contribution >= 4 is 11.6 Å². The fraction of sp³-hybridized carbons (Fsp3) is 0.667. The highest BCUT2D eigenvalue weighted by Crippen LogP contribution is 2.26. The first-order valence-electron chi connectivity index (χ1n) is 4.60. The lowest BCUT2D eigenvalue weighted by Crippen LogP contribution is -2.19. The summed E-state index contributed by atoms with van der Waals surface area (Å²) >= 11 is 5.95. The molecule has 0 bridgehead atoms. The highest BCUT2D eigenvalue weighted by molar-refractivity contribution is 6.28. The van der Waals surface area contributed by atoms with Gasteiger partial charge in [0.15, 0.2) is 0 Å². The normalized spacial score (nSPS) is 23.4. The molecule has 1 atom stereocenters. The van der Waals surface area contributed by atoms with Crippen molar-refractivity contribution in [1.82, 2.24) is 9.55 Å². The summed E-state index contributed by atoms with van der Waals surface area (Å²) in [5.74, 6) is 0. The summed E-state index contributed by atoms with van der Waals surface area (Å²) < 4.78 is 7.58. The summed E-state index contributed by atoms with van der Waals surface area (Å²) in [4.78, 5) is 4.04. The minimum absolute atomic E-state index is 0.101. The molecule has 4 heteroatoms. The van der Waals surface area contributed by atoms with Crippen LogP contribution in [0.3, 0.4) is 0 Å². The predicted octanol–water partition coefficient (Wildman–Crippen LogP) is 2.54. The van der Waals surface area contributed by atoms with Crippen LogP contribution in [0.1, 0.15) is 31.2 Å². The van der Waals surface area contributed by atoms with E-state index >= 15 is 0 Å². The van der Waals surface area contributed by atoms with E-state index in [4.69, 9.17) is 16.3 Å². The summed E-state index contributed by atoms with van der Waals surface area (Å²) in [6, 6.07) is 0. The second-order valence-corrected chi connectivity index (χ2v) is 3.70. The molecule has 0 aliphatic carbocycles. The van der Waals surface area contributed by atoms with Crippen molar-refractivity contribution in [1.29, 1.82) is 0 Å². The molecule has 2 rings (SSSR count). The lowest BCUT2D eigenvalue weighted by atomic mass is 10.2. The topological polar surface area (TPSA) is 27.1 Å². The number of aryl methyl sites for hydroxylation is 1. The van der Waals surface area contributed by atoms with Crippen LogP contribution in [0.2, 0.25) is 5.28 Å². The molecule has 1 saturated heterocycles. The number of hydrogen-bond acceptors (Lipinski definition) is 2. The third kappa shape index (κ3) is 1.71. The van der Waals surface area contributed by atoms with Crippen LogP contribution >= 0.6 is 11.6 Å². The summed E-state index contributed by atoms with van der Waals surface area (Å²) in [6.07, 6.45) is 5.28. The van der Waals surface area contributed by atoms with E-state index in [0.29, 0.717) is 5.28 Å². The number of rotatable bonds is 1. The molecule has 13 heavy (non-hydrogen) atoms. The van der Waals surface area contributed by atoms with Crippen LogP contribution < -0.4 is 0 Å². The van der Waals surface area contributed by atoms with Crippen molar-refractivity contribution in [3.8, 4) is 0 Å². The molecule has 1 aromatic heterocycles. The van der Waals surface area contributed by atoms with Gasteiger partial charge in [0, 0.05) is 18.5 Å². The van der Waals surface area contributed by atoms with E-state index in [9.17, 15) is 0 Å². The quantitative estimate of drug-likeness (QED) is 0.697. The highest BCUT2D eigenvalue weighted by atomic mass is 35.5. The maximum Gasteiger partial charge on any atom is 0.205 e. The molecule has 3 nitrogen and oxygen atoms in total. The summed E-state index contributed by atoms with van der Waals surface area (Å²) in [5, 5.41) is 0.532. The van der Waals surface area contributed by atoms with Crippen LogP contribution in [0, 0.1) is 6.92 Å². The molecule has 0 radical (unpaired) electrons. The number of halogens is 1. The van der Waals surface area contributed by atoms with Gasteiger partial charge in [-0.1, -0.05) is 0 Å². The molecule has 2 heterocycles. The fourth-order valence-electron chi connectivity index (χ4n) is 1.69. The molecule has 0 spiro atoms. The molecule has 1 unspecified atom stereocenters. The fourth-order valence-corrected chi connectivity index (χ4v) is 1.98. The van der Waals surface area contributed by atoms with Crippen molar-refractivity contribution in [3.63, 3.8) is 0 Å². The van der Waals surface area contributed by atoms with E-state index in [1.165, 1.54) is 6.42 Å². The third-order valence-electron chi connectivity index (χ3n) is 2.38. The first-order valence-corrected chi connectivity index (χ1v) is 4.98. The summed E-state index contributed by atoms with van der Waals surface area (Å²) in [7, 11) is 0. The number of hydrogen-bond donors (Lipinski definition) is 0. The molecule has 1 aliphatic rings. The van der Waals surface area contributed by atoms with Gasteiger partial charge in [0.05, 0.1) is 0 Å². The lowest BCUT2D eigenvalue weighted by Gasteiger charge is -2.25. The maximum atomic E-state index is 5.95. The van der Waals surface area contributed by atoms with Gasteiger partial charge < -0.3 is 4.74 Å². The average Bonchev–Trinajstić information content (AvgIpc) is 2.48. The van der Waals surface area contributed by atoms with Gasteiger partial charge in [-0.15, -0.1) is 0 Å². The Hall–Kier alpha value is -0.540. The largest absolute Gasteiger partial charge is 0.358 e. The van der Waals surface area contributed by atoms with Crippen molar-refractivity contribution in [2.45, 2.75) is 32.4 Å². The first-order chi connectivity index (χ1) is 6.29. The zero-order chi connectivity index (χ0) is 9.26. The number of imidazole rings is 1. The van der Waals surface area contributed by atoms with Gasteiger partial charge >= 0.3 is 0 Å². The molecular weight excluding hydrogens is 188 g/mol.